The van der Waals surface area contributed by atoms with Crippen LogP contribution in [-0.4, -0.2) is 175 Å². The molecule has 2 aromatic carbocycles. The highest BCUT2D eigenvalue weighted by atomic mass is 32.2. The van der Waals surface area contributed by atoms with Crippen molar-refractivity contribution in [1.29, 1.82) is 0 Å². The molecule has 1 unspecified atom stereocenters. The Kier molecular flexibility index (Phi) is 23.3. The molecule has 3 saturated heterocycles. The molecule has 6 N–H and O–H groups in total. The van der Waals surface area contributed by atoms with Crippen LogP contribution in [-0.2, 0) is 50.2 Å². The molecule has 492 valence electrons. The van der Waals surface area contributed by atoms with Gasteiger partial charge in [-0.15, -0.1) is 0 Å². The largest absolute Gasteiger partial charge is 0.481 e. The van der Waals surface area contributed by atoms with Gasteiger partial charge in [0.15, 0.2) is 5.71 Å². The number of carbonyl (C=O) groups excluding carboxylic acids is 4. The normalized spacial score (nSPS) is 19.6. The first-order valence-corrected chi connectivity index (χ1v) is 35.3. The molecule has 0 bridgehead atoms. The molecule has 5 aliphatic heterocycles. The van der Waals surface area contributed by atoms with Crippen LogP contribution >= 0.6 is 0 Å². The summed E-state index contributed by atoms with van der Waals surface area (Å²) in [7, 11) is -8.52. The number of carboxylic acids is 1. The Balaban J connectivity index is 1.03. The number of aromatic nitrogens is 3. The standard InChI is InChI=1S/C64H91N11O13S2/c1-7-9-31-75-52-43-46(42-49(59(81)88-39-17-41-90(85,86)87)56(52)63(4,5)53(75)20-15-21-54-64(6,29-8-2)50-18-12-13-19-51(50)74(54)32-16-40-89(82,83)84)57(78)67-48-27-37-73(38-28-48)62-69-60(71-33-23-45(24-34-71)58(79)80)68-61(70-62)72-35-25-47(26-36-72)66-55(77)22-11-10-14-30-65-44(3)76/h12-13,15,18-21,42-43,45,47-48H,7-11,14,16-17,22-41H2,1-6H3,(H5-,65,66,67,76,77,78,79,80,82,83,84,85,86,87)/p+1. The predicted octanol–water partition coefficient (Wildman–Crippen LogP) is 7.26. The van der Waals surface area contributed by atoms with Gasteiger partial charge in [0.05, 0.1) is 40.6 Å². The van der Waals surface area contributed by atoms with Crippen LogP contribution in [0.4, 0.5) is 29.2 Å². The number of allylic oxidation sites excluding steroid dienone is 4. The van der Waals surface area contributed by atoms with Crippen molar-refractivity contribution in [2.24, 2.45) is 5.92 Å². The van der Waals surface area contributed by atoms with E-state index in [-0.39, 0.29) is 60.2 Å². The lowest BCUT2D eigenvalue weighted by molar-refractivity contribution is -0.438. The summed E-state index contributed by atoms with van der Waals surface area (Å²) in [6.07, 6.45) is 15.5. The van der Waals surface area contributed by atoms with Crippen LogP contribution in [0, 0.1) is 5.92 Å². The Morgan fingerprint density at radius 3 is 1.91 bits per heavy atom. The summed E-state index contributed by atoms with van der Waals surface area (Å²) in [5, 5.41) is 19.0. The molecule has 3 amide bonds. The van der Waals surface area contributed by atoms with Gasteiger partial charge in [0.2, 0.25) is 35.3 Å². The Hall–Kier alpha value is -7.03. The fraction of sp³-hybridized carbons (Fsp3) is 0.609. The van der Waals surface area contributed by atoms with Gasteiger partial charge in [0.25, 0.3) is 26.1 Å². The van der Waals surface area contributed by atoms with Crippen LogP contribution in [0.2, 0.25) is 0 Å². The number of hydrogen-bond acceptors (Lipinski definition) is 17. The molecule has 1 aromatic heterocycles. The Labute approximate surface area is 529 Å². The van der Waals surface area contributed by atoms with E-state index in [4.69, 9.17) is 19.7 Å². The minimum atomic E-state index is -4.33. The third kappa shape index (κ3) is 17.5. The molecular formula is C64H92N11O13S2+. The Morgan fingerprint density at radius 2 is 1.33 bits per heavy atom. The maximum atomic E-state index is 14.8. The van der Waals surface area contributed by atoms with Crippen LogP contribution in [0.1, 0.15) is 176 Å². The number of unbranched alkanes of at least 4 members (excludes halogenated alkanes) is 3. The third-order valence-electron chi connectivity index (χ3n) is 18.1. The average molecular weight is 1290 g/mol. The number of carboxylic acid groups (broad SMARTS) is 1. The van der Waals surface area contributed by atoms with E-state index >= 15 is 0 Å². The minimum Gasteiger partial charge on any atom is -0.481 e. The monoisotopic (exact) mass is 1290 g/mol. The first-order chi connectivity index (χ1) is 42.8. The number of nitrogens with one attached hydrogen (secondary N) is 3. The lowest BCUT2D eigenvalue weighted by Gasteiger charge is -2.36. The van der Waals surface area contributed by atoms with Crippen molar-refractivity contribution < 1.29 is 64.3 Å². The zero-order valence-corrected chi connectivity index (χ0v) is 54.7. The van der Waals surface area contributed by atoms with E-state index in [2.05, 4.69) is 68.1 Å². The zero-order valence-electron chi connectivity index (χ0n) is 53.0. The molecule has 90 heavy (non-hydrogen) atoms. The Morgan fingerprint density at radius 1 is 0.744 bits per heavy atom. The highest BCUT2D eigenvalue weighted by molar-refractivity contribution is 7.86. The molecule has 8 rings (SSSR count). The van der Waals surface area contributed by atoms with E-state index in [0.29, 0.717) is 133 Å². The molecule has 5 aliphatic rings. The number of ether oxygens (including phenoxy) is 1. The summed E-state index contributed by atoms with van der Waals surface area (Å²) >= 11 is 0. The summed E-state index contributed by atoms with van der Waals surface area (Å²) in [6.45, 7) is 16.2. The average Bonchev–Trinajstić information content (AvgIpc) is 1.58. The number of para-hydroxylation sites is 1. The number of rotatable bonds is 29. The quantitative estimate of drug-likeness (QED) is 0.0172. The van der Waals surface area contributed by atoms with Gasteiger partial charge >= 0.3 is 11.9 Å². The van der Waals surface area contributed by atoms with Crippen molar-refractivity contribution >= 4 is 84.8 Å². The highest BCUT2D eigenvalue weighted by Gasteiger charge is 2.49. The molecule has 0 aliphatic carbocycles. The summed E-state index contributed by atoms with van der Waals surface area (Å²) in [6, 6.07) is 11.2. The van der Waals surface area contributed by atoms with Gasteiger partial charge in [-0.05, 0) is 115 Å². The SMILES string of the molecule is CCCC[N+]1=C(/C=C/C=C2/N(CCCS(=O)(=O)O)c3ccccc3C2(C)CCC)C(C)(C)c2c(C(=O)OCCCS(=O)(=O)O)cc(C(=O)NC3CCN(c4nc(N5CCC(NC(=O)CCCCCNC(C)=O)CC5)nc(N5CCC(C(=O)O)CC5)n4)CC3)cc21. The van der Waals surface area contributed by atoms with Gasteiger partial charge in [-0.3, -0.25) is 28.3 Å². The van der Waals surface area contributed by atoms with Gasteiger partial charge in [-0.1, -0.05) is 57.4 Å². The molecule has 3 fully saturated rings. The second kappa shape index (κ2) is 30.4. The minimum absolute atomic E-state index is 0.00424. The number of amides is 3. The van der Waals surface area contributed by atoms with E-state index < -0.39 is 60.6 Å². The topological polar surface area (TPSA) is 314 Å². The van der Waals surface area contributed by atoms with Crippen molar-refractivity contribution in [3.8, 4) is 0 Å². The van der Waals surface area contributed by atoms with E-state index in [1.807, 2.05) is 55.2 Å². The maximum absolute atomic E-state index is 14.8. The van der Waals surface area contributed by atoms with Crippen LogP contribution < -0.4 is 35.6 Å². The van der Waals surface area contributed by atoms with E-state index in [9.17, 15) is 55.0 Å². The van der Waals surface area contributed by atoms with E-state index in [1.165, 1.54) is 6.92 Å². The third-order valence-corrected chi connectivity index (χ3v) is 19.7. The number of aliphatic carboxylic acids is 1. The molecule has 3 aromatic rings. The molecular weight excluding hydrogens is 1190 g/mol. The summed E-state index contributed by atoms with van der Waals surface area (Å²) in [5.74, 6) is -2.06. The van der Waals surface area contributed by atoms with Crippen LogP contribution in [0.25, 0.3) is 0 Å². The number of nitrogens with zero attached hydrogens (tertiary/aromatic N) is 8. The zero-order chi connectivity index (χ0) is 65.0. The molecule has 0 spiro atoms. The number of piperidine rings is 3. The number of carbonyl (C=O) groups is 5. The van der Waals surface area contributed by atoms with Gasteiger partial charge in [-0.2, -0.15) is 36.4 Å². The fourth-order valence-corrected chi connectivity index (χ4v) is 14.3. The van der Waals surface area contributed by atoms with Crippen molar-refractivity contribution in [3.05, 3.63) is 82.6 Å². The van der Waals surface area contributed by atoms with Crippen molar-refractivity contribution in [1.82, 2.24) is 30.9 Å². The molecule has 6 heterocycles. The smallest absolute Gasteiger partial charge is 0.338 e. The van der Waals surface area contributed by atoms with Gasteiger partial charge in [0, 0.05) is 119 Å². The predicted molar refractivity (Wildman–Crippen MR) is 345 cm³/mol. The molecule has 24 nitrogen and oxygen atoms in total. The second-order valence-electron chi connectivity index (χ2n) is 25.2. The van der Waals surface area contributed by atoms with Crippen molar-refractivity contribution in [2.75, 3.05) is 96.6 Å². The van der Waals surface area contributed by atoms with Gasteiger partial charge in [0.1, 0.15) is 6.54 Å². The number of anilines is 4. The lowest BCUT2D eigenvalue weighted by atomic mass is 9.77. The number of hydrogen-bond donors (Lipinski definition) is 6. The summed E-state index contributed by atoms with van der Waals surface area (Å²) in [5.41, 5.74) is 4.28. The lowest BCUT2D eigenvalue weighted by Crippen LogP contribution is -2.46. The van der Waals surface area contributed by atoms with Crippen LogP contribution in [0.15, 0.2) is 60.3 Å². The second-order valence-corrected chi connectivity index (χ2v) is 28.3. The maximum Gasteiger partial charge on any atom is 0.338 e. The Bertz CT molecular complexity index is 3420. The number of benzene rings is 2. The fourth-order valence-electron chi connectivity index (χ4n) is 13.3. The first kappa shape index (κ1) is 68.9. The highest BCUT2D eigenvalue weighted by Crippen LogP contribution is 2.51. The molecule has 26 heteroatoms. The summed E-state index contributed by atoms with van der Waals surface area (Å²) in [4.78, 5) is 88.4. The van der Waals surface area contributed by atoms with E-state index in [0.717, 1.165) is 67.6 Å². The molecule has 1 atom stereocenters. The van der Waals surface area contributed by atoms with Crippen LogP contribution in [0.5, 0.6) is 0 Å². The van der Waals surface area contributed by atoms with Crippen molar-refractivity contribution in [2.45, 2.75) is 167 Å². The molecule has 0 radical (unpaired) electrons. The van der Waals surface area contributed by atoms with Crippen molar-refractivity contribution in [3.63, 3.8) is 0 Å². The molecule has 0 saturated carbocycles. The van der Waals surface area contributed by atoms with E-state index in [1.54, 1.807) is 6.07 Å². The number of esters is 1. The number of fused-ring (bicyclic) bond motifs is 2. The van der Waals surface area contributed by atoms with Gasteiger partial charge in [-0.25, -0.2) is 4.79 Å². The van der Waals surface area contributed by atoms with Crippen LogP contribution in [0.3, 0.4) is 0 Å². The first-order valence-electron chi connectivity index (χ1n) is 32.0. The summed E-state index contributed by atoms with van der Waals surface area (Å²) < 4.78 is 74.0. The van der Waals surface area contributed by atoms with Gasteiger partial charge < -0.3 is 45.4 Å².